The molecule has 24 heavy (non-hydrogen) atoms. The number of carbonyl (C=O) groups excluding carboxylic acids is 1. The Morgan fingerprint density at radius 3 is 2.83 bits per heavy atom. The highest BCUT2D eigenvalue weighted by molar-refractivity contribution is 5.77. The van der Waals surface area contributed by atoms with Crippen molar-refractivity contribution in [2.75, 3.05) is 13.2 Å². The van der Waals surface area contributed by atoms with Crippen molar-refractivity contribution in [2.24, 2.45) is 0 Å². The minimum absolute atomic E-state index is 0.0171. The molecule has 0 aliphatic heterocycles. The molecule has 1 aliphatic carbocycles. The van der Waals surface area contributed by atoms with Gasteiger partial charge in [-0.2, -0.15) is 0 Å². The van der Waals surface area contributed by atoms with E-state index in [1.54, 1.807) is 16.8 Å². The molecule has 0 unspecified atom stereocenters. The molecule has 0 radical (unpaired) electrons. The smallest absolute Gasteiger partial charge is 0.257 e. The SMILES string of the molecule is O=C(COc1ccc(-n2cnnn2)cc1)NCCC1=CCCCC1. The summed E-state index contributed by atoms with van der Waals surface area (Å²) in [7, 11) is 0. The fourth-order valence-electron chi connectivity index (χ4n) is 2.67. The first-order chi connectivity index (χ1) is 11.8. The second-order valence-corrected chi connectivity index (χ2v) is 5.75. The molecule has 0 saturated carbocycles. The monoisotopic (exact) mass is 327 g/mol. The van der Waals surface area contributed by atoms with Crippen LogP contribution in [-0.4, -0.2) is 39.3 Å². The number of allylic oxidation sites excluding steroid dienone is 1. The van der Waals surface area contributed by atoms with Crippen LogP contribution in [0.2, 0.25) is 0 Å². The molecule has 0 fully saturated rings. The number of amides is 1. The van der Waals surface area contributed by atoms with Gasteiger partial charge in [0.25, 0.3) is 5.91 Å². The molecule has 7 heteroatoms. The molecule has 3 rings (SSSR count). The van der Waals surface area contributed by atoms with Crippen LogP contribution in [0.15, 0.2) is 42.2 Å². The number of benzene rings is 1. The van der Waals surface area contributed by atoms with E-state index in [-0.39, 0.29) is 12.5 Å². The van der Waals surface area contributed by atoms with Crippen molar-refractivity contribution in [3.63, 3.8) is 0 Å². The number of tetrazole rings is 1. The average Bonchev–Trinajstić information content (AvgIpc) is 3.16. The number of nitrogens with one attached hydrogen (secondary N) is 1. The van der Waals surface area contributed by atoms with E-state index in [4.69, 9.17) is 4.74 Å². The second-order valence-electron chi connectivity index (χ2n) is 5.75. The van der Waals surface area contributed by atoms with Gasteiger partial charge in [-0.15, -0.1) is 5.10 Å². The Labute approximate surface area is 140 Å². The first-order valence-electron chi connectivity index (χ1n) is 8.22. The zero-order chi connectivity index (χ0) is 16.6. The van der Waals surface area contributed by atoms with E-state index in [1.807, 2.05) is 12.1 Å². The lowest BCUT2D eigenvalue weighted by Gasteiger charge is -2.13. The predicted octanol–water partition coefficient (Wildman–Crippen LogP) is 2.05. The number of nitrogens with zero attached hydrogens (tertiary/aromatic N) is 4. The first-order valence-corrected chi connectivity index (χ1v) is 8.22. The van der Waals surface area contributed by atoms with Crippen LogP contribution in [0, 0.1) is 0 Å². The number of hydrogen-bond acceptors (Lipinski definition) is 5. The molecule has 1 aliphatic rings. The molecule has 0 atom stereocenters. The normalized spacial score (nSPS) is 14.1. The van der Waals surface area contributed by atoms with Crippen LogP contribution < -0.4 is 10.1 Å². The van der Waals surface area contributed by atoms with E-state index in [0.717, 1.165) is 12.1 Å². The van der Waals surface area contributed by atoms with Crippen LogP contribution in [-0.2, 0) is 4.79 Å². The van der Waals surface area contributed by atoms with Crippen molar-refractivity contribution in [3.8, 4) is 11.4 Å². The highest BCUT2D eigenvalue weighted by Crippen LogP contribution is 2.19. The number of hydrogen-bond donors (Lipinski definition) is 1. The fraction of sp³-hybridized carbons (Fsp3) is 0.412. The first kappa shape index (κ1) is 16.2. The van der Waals surface area contributed by atoms with E-state index in [0.29, 0.717) is 12.3 Å². The van der Waals surface area contributed by atoms with Crippen LogP contribution >= 0.6 is 0 Å². The van der Waals surface area contributed by atoms with Gasteiger partial charge >= 0.3 is 0 Å². The molecule has 1 amide bonds. The van der Waals surface area contributed by atoms with Gasteiger partial charge in [0, 0.05) is 6.54 Å². The lowest BCUT2D eigenvalue weighted by atomic mass is 9.97. The molecule has 2 aromatic rings. The summed E-state index contributed by atoms with van der Waals surface area (Å²) in [5.74, 6) is 0.535. The minimum Gasteiger partial charge on any atom is -0.484 e. The van der Waals surface area contributed by atoms with Crippen LogP contribution in [0.4, 0.5) is 0 Å². The van der Waals surface area contributed by atoms with Gasteiger partial charge in [-0.1, -0.05) is 11.6 Å². The third-order valence-electron chi connectivity index (χ3n) is 3.97. The average molecular weight is 327 g/mol. The van der Waals surface area contributed by atoms with Crippen molar-refractivity contribution in [3.05, 3.63) is 42.2 Å². The van der Waals surface area contributed by atoms with Crippen LogP contribution in [0.3, 0.4) is 0 Å². The molecule has 1 aromatic heterocycles. The van der Waals surface area contributed by atoms with Crippen molar-refractivity contribution in [1.29, 1.82) is 0 Å². The van der Waals surface area contributed by atoms with E-state index in [9.17, 15) is 4.79 Å². The minimum atomic E-state index is -0.101. The summed E-state index contributed by atoms with van der Waals surface area (Å²) in [6.07, 6.45) is 9.66. The van der Waals surface area contributed by atoms with Gasteiger partial charge < -0.3 is 10.1 Å². The number of aromatic nitrogens is 4. The fourth-order valence-corrected chi connectivity index (χ4v) is 2.67. The molecule has 1 aromatic carbocycles. The van der Waals surface area contributed by atoms with Crippen molar-refractivity contribution < 1.29 is 9.53 Å². The van der Waals surface area contributed by atoms with E-state index < -0.39 is 0 Å². The van der Waals surface area contributed by atoms with Crippen LogP contribution in [0.5, 0.6) is 5.75 Å². The quantitative estimate of drug-likeness (QED) is 0.787. The highest BCUT2D eigenvalue weighted by atomic mass is 16.5. The van der Waals surface area contributed by atoms with Crippen molar-refractivity contribution in [1.82, 2.24) is 25.5 Å². The Hall–Kier alpha value is -2.70. The zero-order valence-electron chi connectivity index (χ0n) is 13.5. The number of carbonyl (C=O) groups is 1. The maximum atomic E-state index is 11.8. The lowest BCUT2D eigenvalue weighted by molar-refractivity contribution is -0.123. The van der Waals surface area contributed by atoms with E-state index >= 15 is 0 Å². The zero-order valence-corrected chi connectivity index (χ0v) is 13.5. The molecule has 126 valence electrons. The molecular weight excluding hydrogens is 306 g/mol. The molecule has 7 nitrogen and oxygen atoms in total. The van der Waals surface area contributed by atoms with Gasteiger partial charge in [-0.05, 0) is 66.8 Å². The lowest BCUT2D eigenvalue weighted by Crippen LogP contribution is -2.30. The van der Waals surface area contributed by atoms with Gasteiger partial charge in [0.1, 0.15) is 12.1 Å². The third-order valence-corrected chi connectivity index (χ3v) is 3.97. The topological polar surface area (TPSA) is 81.9 Å². The Morgan fingerprint density at radius 2 is 2.12 bits per heavy atom. The van der Waals surface area contributed by atoms with Crippen molar-refractivity contribution in [2.45, 2.75) is 32.1 Å². The summed E-state index contributed by atoms with van der Waals surface area (Å²) in [6, 6.07) is 7.24. The summed E-state index contributed by atoms with van der Waals surface area (Å²) in [5.41, 5.74) is 2.29. The van der Waals surface area contributed by atoms with Gasteiger partial charge in [-0.3, -0.25) is 4.79 Å². The van der Waals surface area contributed by atoms with Gasteiger partial charge in [0.2, 0.25) is 0 Å². The van der Waals surface area contributed by atoms with Crippen LogP contribution in [0.1, 0.15) is 32.1 Å². The van der Waals surface area contributed by atoms with E-state index in [2.05, 4.69) is 26.9 Å². The summed E-state index contributed by atoms with van der Waals surface area (Å²) < 4.78 is 7.05. The van der Waals surface area contributed by atoms with Crippen molar-refractivity contribution >= 4 is 5.91 Å². The van der Waals surface area contributed by atoms with Crippen LogP contribution in [0.25, 0.3) is 5.69 Å². The van der Waals surface area contributed by atoms with Gasteiger partial charge in [0.15, 0.2) is 6.61 Å². The second kappa shape index (κ2) is 8.24. The molecular formula is C17H21N5O2. The maximum Gasteiger partial charge on any atom is 0.257 e. The largest absolute Gasteiger partial charge is 0.484 e. The molecule has 0 spiro atoms. The van der Waals surface area contributed by atoms with Gasteiger partial charge in [-0.25, -0.2) is 4.68 Å². The highest BCUT2D eigenvalue weighted by Gasteiger charge is 2.06. The predicted molar refractivity (Wildman–Crippen MR) is 88.8 cm³/mol. The molecule has 1 N–H and O–H groups in total. The molecule has 1 heterocycles. The summed E-state index contributed by atoms with van der Waals surface area (Å²) in [4.78, 5) is 11.8. The standard InChI is InChI=1S/C17H21N5O2/c23-17(18-11-10-14-4-2-1-3-5-14)12-24-16-8-6-15(7-9-16)22-13-19-20-21-22/h4,6-9,13H,1-3,5,10-12H2,(H,18,23). The summed E-state index contributed by atoms with van der Waals surface area (Å²) in [6.45, 7) is 0.690. The maximum absolute atomic E-state index is 11.8. The third kappa shape index (κ3) is 4.65. The molecule has 0 saturated heterocycles. The summed E-state index contributed by atoms with van der Waals surface area (Å²) in [5, 5.41) is 13.9. The number of rotatable bonds is 7. The molecule has 0 bridgehead atoms. The Morgan fingerprint density at radius 1 is 1.25 bits per heavy atom. The Balaban J connectivity index is 1.38. The Kier molecular flexibility index (Phi) is 5.55. The Bertz CT molecular complexity index is 680. The van der Waals surface area contributed by atoms with E-state index in [1.165, 1.54) is 37.6 Å². The summed E-state index contributed by atoms with van der Waals surface area (Å²) >= 11 is 0. The number of ether oxygens (including phenoxy) is 1. The van der Waals surface area contributed by atoms with Gasteiger partial charge in [0.05, 0.1) is 5.69 Å².